The van der Waals surface area contributed by atoms with Crippen molar-refractivity contribution in [1.82, 2.24) is 5.32 Å². The van der Waals surface area contributed by atoms with Gasteiger partial charge in [-0.15, -0.1) is 0 Å². The summed E-state index contributed by atoms with van der Waals surface area (Å²) in [6.45, 7) is 5.80. The highest BCUT2D eigenvalue weighted by Crippen LogP contribution is 2.12. The molecule has 0 aliphatic rings. The predicted octanol–water partition coefficient (Wildman–Crippen LogP) is 1.15. The summed E-state index contributed by atoms with van der Waals surface area (Å²) in [5.74, 6) is 0. The largest absolute Gasteiger partial charge is 0.389 e. The van der Waals surface area contributed by atoms with E-state index in [1.807, 2.05) is 20.9 Å². The molecule has 1 unspecified atom stereocenters. The zero-order valence-electron chi connectivity index (χ0n) is 7.44. The van der Waals surface area contributed by atoms with Crippen molar-refractivity contribution in [2.45, 2.75) is 45.3 Å². The molecule has 0 fully saturated rings. The second-order valence-corrected chi connectivity index (χ2v) is 3.28. The lowest BCUT2D eigenvalue weighted by molar-refractivity contribution is 0.0371. The van der Waals surface area contributed by atoms with Crippen molar-refractivity contribution in [3.63, 3.8) is 0 Å². The monoisotopic (exact) mass is 145 g/mol. The summed E-state index contributed by atoms with van der Waals surface area (Å²) in [5, 5.41) is 12.6. The van der Waals surface area contributed by atoms with Crippen molar-refractivity contribution < 1.29 is 5.11 Å². The maximum absolute atomic E-state index is 9.55. The van der Waals surface area contributed by atoms with Crippen LogP contribution >= 0.6 is 0 Å². The molecule has 0 saturated heterocycles. The van der Waals surface area contributed by atoms with Gasteiger partial charge < -0.3 is 10.4 Å². The Morgan fingerprint density at radius 1 is 1.50 bits per heavy atom. The Balaban J connectivity index is 3.81. The van der Waals surface area contributed by atoms with Crippen LogP contribution in [0.25, 0.3) is 0 Å². The fourth-order valence-electron chi connectivity index (χ4n) is 1.14. The minimum absolute atomic E-state index is 0.220. The summed E-state index contributed by atoms with van der Waals surface area (Å²) in [6.07, 6.45) is 2.13. The normalized spacial score (nSPS) is 15.3. The average Bonchev–Trinajstić information content (AvgIpc) is 1.80. The Morgan fingerprint density at radius 2 is 2.00 bits per heavy atom. The highest BCUT2D eigenvalue weighted by atomic mass is 16.3. The van der Waals surface area contributed by atoms with Crippen molar-refractivity contribution in [2.75, 3.05) is 7.05 Å². The molecule has 2 heteroatoms. The molecule has 2 nitrogen and oxygen atoms in total. The number of rotatable bonds is 4. The summed E-state index contributed by atoms with van der Waals surface area (Å²) < 4.78 is 0. The molecule has 62 valence electrons. The number of hydrogen-bond acceptors (Lipinski definition) is 2. The van der Waals surface area contributed by atoms with E-state index >= 15 is 0 Å². The zero-order valence-corrected chi connectivity index (χ0v) is 7.44. The molecule has 1 atom stereocenters. The molecule has 0 radical (unpaired) electrons. The van der Waals surface area contributed by atoms with E-state index in [2.05, 4.69) is 12.2 Å². The summed E-state index contributed by atoms with van der Waals surface area (Å²) in [7, 11) is 1.89. The molecule has 10 heavy (non-hydrogen) atoms. The second kappa shape index (κ2) is 3.94. The first-order valence-corrected chi connectivity index (χ1v) is 3.92. The third-order valence-corrected chi connectivity index (χ3v) is 1.78. The lowest BCUT2D eigenvalue weighted by Gasteiger charge is -2.28. The molecule has 0 aliphatic carbocycles. The molecule has 0 heterocycles. The Kier molecular flexibility index (Phi) is 3.91. The molecular weight excluding hydrogens is 126 g/mol. The molecule has 0 aromatic heterocycles. The number of hydrogen-bond donors (Lipinski definition) is 2. The number of aliphatic hydroxyl groups is 1. The predicted molar refractivity (Wildman–Crippen MR) is 44.1 cm³/mol. The van der Waals surface area contributed by atoms with Crippen LogP contribution in [0.1, 0.15) is 33.6 Å². The second-order valence-electron chi connectivity index (χ2n) is 3.28. The van der Waals surface area contributed by atoms with E-state index in [1.54, 1.807) is 0 Å². The van der Waals surface area contributed by atoms with E-state index in [4.69, 9.17) is 0 Å². The van der Waals surface area contributed by atoms with E-state index in [9.17, 15) is 5.11 Å². The van der Waals surface area contributed by atoms with Gasteiger partial charge in [0.2, 0.25) is 0 Å². The maximum atomic E-state index is 9.55. The minimum atomic E-state index is -0.592. The van der Waals surface area contributed by atoms with Gasteiger partial charge in [-0.25, -0.2) is 0 Å². The van der Waals surface area contributed by atoms with Gasteiger partial charge in [-0.05, 0) is 27.3 Å². The minimum Gasteiger partial charge on any atom is -0.389 e. The lowest BCUT2D eigenvalue weighted by atomic mass is 9.95. The fraction of sp³-hybridized carbons (Fsp3) is 1.00. The van der Waals surface area contributed by atoms with E-state index in [0.717, 1.165) is 12.8 Å². The van der Waals surface area contributed by atoms with Gasteiger partial charge in [-0.1, -0.05) is 13.3 Å². The topological polar surface area (TPSA) is 32.3 Å². The molecule has 0 aliphatic heterocycles. The van der Waals surface area contributed by atoms with Crippen molar-refractivity contribution in [3.05, 3.63) is 0 Å². The van der Waals surface area contributed by atoms with Crippen LogP contribution in [-0.4, -0.2) is 23.8 Å². The van der Waals surface area contributed by atoms with Gasteiger partial charge in [0.15, 0.2) is 0 Å². The average molecular weight is 145 g/mol. The summed E-state index contributed by atoms with van der Waals surface area (Å²) in [6, 6.07) is 0.220. The summed E-state index contributed by atoms with van der Waals surface area (Å²) in [4.78, 5) is 0. The van der Waals surface area contributed by atoms with Crippen LogP contribution in [0.5, 0.6) is 0 Å². The molecule has 0 aromatic carbocycles. The highest BCUT2D eigenvalue weighted by Gasteiger charge is 2.23. The fourth-order valence-corrected chi connectivity index (χ4v) is 1.14. The van der Waals surface area contributed by atoms with Crippen LogP contribution in [0, 0.1) is 0 Å². The molecule has 0 rings (SSSR count). The van der Waals surface area contributed by atoms with E-state index in [-0.39, 0.29) is 6.04 Å². The van der Waals surface area contributed by atoms with Crippen LogP contribution in [0.3, 0.4) is 0 Å². The lowest BCUT2D eigenvalue weighted by Crippen LogP contribution is -2.44. The first-order valence-electron chi connectivity index (χ1n) is 3.92. The van der Waals surface area contributed by atoms with Gasteiger partial charge in [-0.3, -0.25) is 0 Å². The van der Waals surface area contributed by atoms with Crippen LogP contribution < -0.4 is 5.32 Å². The molecule has 0 bridgehead atoms. The third kappa shape index (κ3) is 3.18. The van der Waals surface area contributed by atoms with Crippen molar-refractivity contribution in [2.24, 2.45) is 0 Å². The molecule has 0 aromatic rings. The van der Waals surface area contributed by atoms with Crippen LogP contribution in [0.15, 0.2) is 0 Å². The highest BCUT2D eigenvalue weighted by molar-refractivity contribution is 4.81. The van der Waals surface area contributed by atoms with Gasteiger partial charge in [0.05, 0.1) is 5.60 Å². The number of nitrogens with one attached hydrogen (secondary N) is 1. The molecule has 2 N–H and O–H groups in total. The van der Waals surface area contributed by atoms with E-state index in [1.165, 1.54) is 0 Å². The SMILES string of the molecule is CCCC(NC)C(C)(C)O. The Labute approximate surface area is 63.6 Å². The van der Waals surface area contributed by atoms with Gasteiger partial charge in [0.1, 0.15) is 0 Å². The third-order valence-electron chi connectivity index (χ3n) is 1.78. The number of likely N-dealkylation sites (N-methyl/N-ethyl adjacent to an activating group) is 1. The van der Waals surface area contributed by atoms with E-state index < -0.39 is 5.60 Å². The summed E-state index contributed by atoms with van der Waals surface area (Å²) in [5.41, 5.74) is -0.592. The Hall–Kier alpha value is -0.0800. The van der Waals surface area contributed by atoms with Crippen molar-refractivity contribution in [3.8, 4) is 0 Å². The molecule has 0 saturated carbocycles. The van der Waals surface area contributed by atoms with Crippen molar-refractivity contribution in [1.29, 1.82) is 0 Å². The quantitative estimate of drug-likeness (QED) is 0.622. The molecular formula is C8H19NO. The summed E-state index contributed by atoms with van der Waals surface area (Å²) >= 11 is 0. The van der Waals surface area contributed by atoms with Gasteiger partial charge >= 0.3 is 0 Å². The maximum Gasteiger partial charge on any atom is 0.0743 e. The molecule has 0 spiro atoms. The Morgan fingerprint density at radius 3 is 2.10 bits per heavy atom. The standard InChI is InChI=1S/C8H19NO/c1-5-6-7(9-4)8(2,3)10/h7,9-10H,5-6H2,1-4H3. The van der Waals surface area contributed by atoms with Crippen LogP contribution in [0.4, 0.5) is 0 Å². The molecule has 0 amide bonds. The Bertz CT molecular complexity index is 85.7. The van der Waals surface area contributed by atoms with E-state index in [0.29, 0.717) is 0 Å². The van der Waals surface area contributed by atoms with Crippen LogP contribution in [-0.2, 0) is 0 Å². The van der Waals surface area contributed by atoms with Crippen LogP contribution in [0.2, 0.25) is 0 Å². The van der Waals surface area contributed by atoms with Gasteiger partial charge in [0.25, 0.3) is 0 Å². The first kappa shape index (κ1) is 9.92. The smallest absolute Gasteiger partial charge is 0.0743 e. The van der Waals surface area contributed by atoms with Gasteiger partial charge in [-0.2, -0.15) is 0 Å². The zero-order chi connectivity index (χ0) is 8.20. The first-order chi connectivity index (χ1) is 4.52. The van der Waals surface area contributed by atoms with Crippen molar-refractivity contribution >= 4 is 0 Å². The van der Waals surface area contributed by atoms with Gasteiger partial charge in [0, 0.05) is 6.04 Å².